The number of rotatable bonds is 9. The lowest BCUT2D eigenvalue weighted by atomic mass is 10.0. The number of carbonyl (C=O) groups excluding carboxylic acids is 4. The highest BCUT2D eigenvalue weighted by atomic mass is 16.6. The van der Waals surface area contributed by atoms with Crippen molar-refractivity contribution < 1.29 is 28.7 Å². The van der Waals surface area contributed by atoms with Crippen LogP contribution in [0.15, 0.2) is 30.3 Å². The maximum atomic E-state index is 12.7. The quantitative estimate of drug-likeness (QED) is 0.582. The van der Waals surface area contributed by atoms with E-state index < -0.39 is 41.9 Å². The molecule has 1 saturated heterocycles. The molecule has 1 aromatic carbocycles. The Kier molecular flexibility index (Phi) is 8.64. The van der Waals surface area contributed by atoms with Crippen LogP contribution in [0.25, 0.3) is 0 Å². The van der Waals surface area contributed by atoms with E-state index in [-0.39, 0.29) is 19.6 Å². The maximum absolute atomic E-state index is 12.7. The number of benzene rings is 1. The molecule has 164 valence electrons. The molecule has 2 rings (SSSR count). The number of nitrogens with two attached hydrogens (primary N) is 1. The molecular formula is C21H29N3O6. The summed E-state index contributed by atoms with van der Waals surface area (Å²) in [6, 6.07) is 7.43. The van der Waals surface area contributed by atoms with Crippen LogP contribution >= 0.6 is 0 Å². The molecule has 30 heavy (non-hydrogen) atoms. The number of nitrogens with zero attached hydrogens (tertiary/aromatic N) is 1. The highest BCUT2D eigenvalue weighted by Gasteiger charge is 2.37. The molecule has 3 atom stereocenters. The molecule has 0 bridgehead atoms. The summed E-state index contributed by atoms with van der Waals surface area (Å²) in [5.74, 6) is -2.33. The minimum absolute atomic E-state index is 0.0189. The summed E-state index contributed by atoms with van der Waals surface area (Å²) in [5.41, 5.74) is 6.24. The van der Waals surface area contributed by atoms with E-state index in [2.05, 4.69) is 5.32 Å². The standard InChI is InChI=1S/C21H29N3O6/c1-3-29-20(27)14(2)12-16(18(22)25)23-19(26)17-10-7-11-24(17)21(28)30-13-15-8-5-4-6-9-15/h4-6,8-9,14,16-17H,3,7,10-13H2,1-2H3,(H2,22,25)(H,23,26)/t14-,16-,17+/m0/s1. The van der Waals surface area contributed by atoms with Crippen LogP contribution in [0.5, 0.6) is 0 Å². The molecular weight excluding hydrogens is 390 g/mol. The maximum Gasteiger partial charge on any atom is 0.410 e. The molecule has 1 aliphatic rings. The molecule has 9 heteroatoms. The van der Waals surface area contributed by atoms with Gasteiger partial charge in [0.2, 0.25) is 11.8 Å². The van der Waals surface area contributed by atoms with Gasteiger partial charge in [0.05, 0.1) is 12.5 Å². The van der Waals surface area contributed by atoms with E-state index in [0.717, 1.165) is 5.56 Å². The molecule has 0 spiro atoms. The van der Waals surface area contributed by atoms with Gasteiger partial charge in [-0.15, -0.1) is 0 Å². The van der Waals surface area contributed by atoms with Crippen LogP contribution < -0.4 is 11.1 Å². The number of nitrogens with one attached hydrogen (secondary N) is 1. The predicted molar refractivity (Wildman–Crippen MR) is 108 cm³/mol. The molecule has 1 aliphatic heterocycles. The Balaban J connectivity index is 1.94. The Labute approximate surface area is 175 Å². The van der Waals surface area contributed by atoms with Crippen molar-refractivity contribution in [3.05, 3.63) is 35.9 Å². The monoisotopic (exact) mass is 419 g/mol. The lowest BCUT2D eigenvalue weighted by Crippen LogP contribution is -2.53. The molecule has 0 unspecified atom stereocenters. The van der Waals surface area contributed by atoms with Gasteiger partial charge < -0.3 is 20.5 Å². The summed E-state index contributed by atoms with van der Waals surface area (Å²) in [5, 5.41) is 2.57. The van der Waals surface area contributed by atoms with Gasteiger partial charge in [-0.2, -0.15) is 0 Å². The third-order valence-electron chi connectivity index (χ3n) is 4.93. The second kappa shape index (κ2) is 11.2. The van der Waals surface area contributed by atoms with Gasteiger partial charge >= 0.3 is 12.1 Å². The van der Waals surface area contributed by atoms with Gasteiger partial charge in [-0.25, -0.2) is 4.79 Å². The summed E-state index contributed by atoms with van der Waals surface area (Å²) < 4.78 is 10.2. The van der Waals surface area contributed by atoms with Gasteiger partial charge in [0.25, 0.3) is 0 Å². The van der Waals surface area contributed by atoms with E-state index in [9.17, 15) is 19.2 Å². The number of primary amides is 1. The summed E-state index contributed by atoms with van der Waals surface area (Å²) in [6.07, 6.45) is 0.516. The van der Waals surface area contributed by atoms with Crippen molar-refractivity contribution in [2.24, 2.45) is 11.7 Å². The lowest BCUT2D eigenvalue weighted by Gasteiger charge is -2.26. The largest absolute Gasteiger partial charge is 0.466 e. The van der Waals surface area contributed by atoms with E-state index in [1.54, 1.807) is 13.8 Å². The van der Waals surface area contributed by atoms with Crippen molar-refractivity contribution in [3.63, 3.8) is 0 Å². The minimum atomic E-state index is -1.04. The van der Waals surface area contributed by atoms with Crippen molar-refractivity contribution in [3.8, 4) is 0 Å². The molecule has 3 amide bonds. The van der Waals surface area contributed by atoms with Gasteiger partial charge in [0.15, 0.2) is 0 Å². The highest BCUT2D eigenvalue weighted by molar-refractivity contribution is 5.91. The molecule has 0 aliphatic carbocycles. The Bertz CT molecular complexity index is 754. The topological polar surface area (TPSA) is 128 Å². The van der Waals surface area contributed by atoms with Crippen LogP contribution in [0.1, 0.15) is 38.7 Å². The van der Waals surface area contributed by atoms with E-state index >= 15 is 0 Å². The Hall–Kier alpha value is -3.10. The number of amides is 3. The molecule has 3 N–H and O–H groups in total. The average molecular weight is 419 g/mol. The Morgan fingerprint density at radius 2 is 1.90 bits per heavy atom. The zero-order chi connectivity index (χ0) is 22.1. The summed E-state index contributed by atoms with van der Waals surface area (Å²) in [7, 11) is 0. The van der Waals surface area contributed by atoms with E-state index in [4.69, 9.17) is 15.2 Å². The van der Waals surface area contributed by atoms with Crippen LogP contribution in [0.3, 0.4) is 0 Å². The molecule has 0 aromatic heterocycles. The second-order valence-corrected chi connectivity index (χ2v) is 7.24. The molecule has 0 saturated carbocycles. The van der Waals surface area contributed by atoms with Crippen LogP contribution in [0.4, 0.5) is 4.79 Å². The SMILES string of the molecule is CCOC(=O)[C@@H](C)C[C@H](NC(=O)[C@H]1CCCN1C(=O)OCc1ccccc1)C(N)=O. The molecule has 0 radical (unpaired) electrons. The summed E-state index contributed by atoms with van der Waals surface area (Å²) in [4.78, 5) is 50.2. The number of hydrogen-bond acceptors (Lipinski definition) is 6. The fourth-order valence-electron chi connectivity index (χ4n) is 3.31. The van der Waals surface area contributed by atoms with E-state index in [1.807, 2.05) is 30.3 Å². The van der Waals surface area contributed by atoms with Gasteiger partial charge in [0, 0.05) is 6.54 Å². The van der Waals surface area contributed by atoms with Crippen LogP contribution in [0.2, 0.25) is 0 Å². The lowest BCUT2D eigenvalue weighted by molar-refractivity contribution is -0.148. The molecule has 9 nitrogen and oxygen atoms in total. The van der Waals surface area contributed by atoms with Gasteiger partial charge in [0.1, 0.15) is 18.7 Å². The Morgan fingerprint density at radius 1 is 1.20 bits per heavy atom. The summed E-state index contributed by atoms with van der Waals surface area (Å²) in [6.45, 7) is 3.99. The van der Waals surface area contributed by atoms with Gasteiger partial charge in [-0.3, -0.25) is 19.3 Å². The fraction of sp³-hybridized carbons (Fsp3) is 0.524. The van der Waals surface area contributed by atoms with E-state index in [1.165, 1.54) is 4.90 Å². The van der Waals surface area contributed by atoms with Crippen molar-refractivity contribution in [2.45, 2.75) is 51.8 Å². The third-order valence-corrected chi connectivity index (χ3v) is 4.93. The molecule has 1 heterocycles. The summed E-state index contributed by atoms with van der Waals surface area (Å²) >= 11 is 0. The second-order valence-electron chi connectivity index (χ2n) is 7.24. The first kappa shape index (κ1) is 23.2. The number of esters is 1. The molecule has 1 aromatic rings. The van der Waals surface area contributed by atoms with Crippen molar-refractivity contribution >= 4 is 23.9 Å². The zero-order valence-corrected chi connectivity index (χ0v) is 17.3. The number of ether oxygens (including phenoxy) is 2. The van der Waals surface area contributed by atoms with Crippen molar-refractivity contribution in [1.29, 1.82) is 0 Å². The number of likely N-dealkylation sites (tertiary alicyclic amines) is 1. The smallest absolute Gasteiger partial charge is 0.410 e. The van der Waals surface area contributed by atoms with Crippen LogP contribution in [0, 0.1) is 5.92 Å². The first-order chi connectivity index (χ1) is 14.3. The fourth-order valence-corrected chi connectivity index (χ4v) is 3.31. The van der Waals surface area contributed by atoms with Crippen LogP contribution in [-0.4, -0.2) is 54.0 Å². The van der Waals surface area contributed by atoms with Gasteiger partial charge in [-0.05, 0) is 31.7 Å². The van der Waals surface area contributed by atoms with E-state index in [0.29, 0.717) is 19.4 Å². The Morgan fingerprint density at radius 3 is 2.53 bits per heavy atom. The third kappa shape index (κ3) is 6.47. The zero-order valence-electron chi connectivity index (χ0n) is 17.3. The normalized spacial score (nSPS) is 17.7. The number of carbonyl (C=O) groups is 4. The predicted octanol–water partition coefficient (Wildman–Crippen LogP) is 1.35. The minimum Gasteiger partial charge on any atom is -0.466 e. The van der Waals surface area contributed by atoms with Crippen molar-refractivity contribution in [1.82, 2.24) is 10.2 Å². The molecule has 1 fully saturated rings. The first-order valence-electron chi connectivity index (χ1n) is 10.1. The average Bonchev–Trinajstić information content (AvgIpc) is 3.22. The van der Waals surface area contributed by atoms with Gasteiger partial charge in [-0.1, -0.05) is 37.3 Å². The number of hydrogen-bond donors (Lipinski definition) is 2. The highest BCUT2D eigenvalue weighted by Crippen LogP contribution is 2.20. The van der Waals surface area contributed by atoms with Crippen LogP contribution in [-0.2, 0) is 30.5 Å². The first-order valence-corrected chi connectivity index (χ1v) is 10.1. The van der Waals surface area contributed by atoms with Crippen molar-refractivity contribution in [2.75, 3.05) is 13.2 Å².